The number of hydrogen-bond donors (Lipinski definition) is 1. The van der Waals surface area contributed by atoms with Gasteiger partial charge in [-0.3, -0.25) is 4.68 Å². The number of nitrogens with zero attached hydrogens (tertiary/aromatic N) is 3. The summed E-state index contributed by atoms with van der Waals surface area (Å²) in [5.41, 5.74) is 0.0912. The SMILES string of the molecule is CNCC(C)(C)COc1ncn(C)n1. The van der Waals surface area contributed by atoms with Gasteiger partial charge in [-0.2, -0.15) is 4.98 Å². The van der Waals surface area contributed by atoms with Crippen LogP contribution in [0.5, 0.6) is 6.01 Å². The molecule has 0 bridgehead atoms. The van der Waals surface area contributed by atoms with Gasteiger partial charge >= 0.3 is 6.01 Å². The van der Waals surface area contributed by atoms with Gasteiger partial charge in [0.05, 0.1) is 6.61 Å². The van der Waals surface area contributed by atoms with E-state index in [2.05, 4.69) is 29.2 Å². The fourth-order valence-electron chi connectivity index (χ4n) is 1.18. The van der Waals surface area contributed by atoms with E-state index >= 15 is 0 Å². The topological polar surface area (TPSA) is 52.0 Å². The molecule has 5 nitrogen and oxygen atoms in total. The standard InChI is InChI=1S/C9H18N4O/c1-9(2,5-10-3)6-14-8-11-7-13(4)12-8/h7,10H,5-6H2,1-4H3. The second-order valence-corrected chi connectivity index (χ2v) is 4.18. The lowest BCUT2D eigenvalue weighted by Crippen LogP contribution is -2.32. The molecule has 5 heteroatoms. The summed E-state index contributed by atoms with van der Waals surface area (Å²) in [6.07, 6.45) is 1.63. The van der Waals surface area contributed by atoms with Gasteiger partial charge < -0.3 is 10.1 Å². The minimum atomic E-state index is 0.0912. The van der Waals surface area contributed by atoms with Gasteiger partial charge in [-0.25, -0.2) is 0 Å². The molecule has 1 heterocycles. The van der Waals surface area contributed by atoms with E-state index in [1.54, 1.807) is 11.0 Å². The second kappa shape index (κ2) is 4.41. The van der Waals surface area contributed by atoms with E-state index in [0.717, 1.165) is 6.54 Å². The Labute approximate surface area is 84.5 Å². The molecule has 0 aliphatic heterocycles. The van der Waals surface area contributed by atoms with Crippen LogP contribution in [0.1, 0.15) is 13.8 Å². The molecule has 0 saturated carbocycles. The van der Waals surface area contributed by atoms with E-state index in [1.807, 2.05) is 14.1 Å². The summed E-state index contributed by atoms with van der Waals surface area (Å²) in [6.45, 7) is 5.77. The molecule has 0 fully saturated rings. The van der Waals surface area contributed by atoms with Crippen LogP contribution in [0.2, 0.25) is 0 Å². The maximum Gasteiger partial charge on any atom is 0.335 e. The zero-order valence-electron chi connectivity index (χ0n) is 9.24. The summed E-state index contributed by atoms with van der Waals surface area (Å²) >= 11 is 0. The van der Waals surface area contributed by atoms with Gasteiger partial charge in [0.15, 0.2) is 0 Å². The predicted molar refractivity (Wildman–Crippen MR) is 54.2 cm³/mol. The molecule has 1 aromatic rings. The molecule has 1 N–H and O–H groups in total. The number of ether oxygens (including phenoxy) is 1. The molecule has 1 rings (SSSR count). The minimum absolute atomic E-state index is 0.0912. The number of nitrogens with one attached hydrogen (secondary N) is 1. The Balaban J connectivity index is 2.40. The van der Waals surface area contributed by atoms with E-state index in [1.165, 1.54) is 0 Å². The monoisotopic (exact) mass is 198 g/mol. The number of rotatable bonds is 5. The van der Waals surface area contributed by atoms with Crippen molar-refractivity contribution in [3.8, 4) is 6.01 Å². The minimum Gasteiger partial charge on any atom is -0.462 e. The van der Waals surface area contributed by atoms with Crippen molar-refractivity contribution in [2.45, 2.75) is 13.8 Å². The predicted octanol–water partition coefficient (Wildman–Crippen LogP) is 0.439. The Bertz CT molecular complexity index is 282. The van der Waals surface area contributed by atoms with Crippen molar-refractivity contribution in [1.82, 2.24) is 20.1 Å². The van der Waals surface area contributed by atoms with E-state index < -0.39 is 0 Å². The van der Waals surface area contributed by atoms with Crippen LogP contribution in [0, 0.1) is 5.41 Å². The average molecular weight is 198 g/mol. The quantitative estimate of drug-likeness (QED) is 0.746. The van der Waals surface area contributed by atoms with Crippen molar-refractivity contribution in [3.63, 3.8) is 0 Å². The van der Waals surface area contributed by atoms with E-state index in [4.69, 9.17) is 4.74 Å². The lowest BCUT2D eigenvalue weighted by atomic mass is 9.95. The molecular formula is C9H18N4O. The average Bonchev–Trinajstić information content (AvgIpc) is 2.48. The number of aromatic nitrogens is 3. The van der Waals surface area contributed by atoms with Crippen molar-refractivity contribution in [2.75, 3.05) is 20.2 Å². The molecule has 80 valence electrons. The van der Waals surface area contributed by atoms with Gasteiger partial charge in [0.1, 0.15) is 6.33 Å². The molecule has 14 heavy (non-hydrogen) atoms. The van der Waals surface area contributed by atoms with Crippen LogP contribution >= 0.6 is 0 Å². The van der Waals surface area contributed by atoms with Crippen LogP contribution in [0.15, 0.2) is 6.33 Å². The maximum atomic E-state index is 5.46. The molecule has 0 radical (unpaired) electrons. The van der Waals surface area contributed by atoms with E-state index in [0.29, 0.717) is 12.6 Å². The Morgan fingerprint density at radius 1 is 1.57 bits per heavy atom. The second-order valence-electron chi connectivity index (χ2n) is 4.18. The molecule has 1 aromatic heterocycles. The first-order chi connectivity index (χ1) is 6.53. The highest BCUT2D eigenvalue weighted by atomic mass is 16.5. The first-order valence-corrected chi connectivity index (χ1v) is 4.66. The fourth-order valence-corrected chi connectivity index (χ4v) is 1.18. The normalized spacial score (nSPS) is 11.7. The highest BCUT2D eigenvalue weighted by Crippen LogP contribution is 2.14. The summed E-state index contributed by atoms with van der Waals surface area (Å²) in [5.74, 6) is 0. The third-order valence-electron chi connectivity index (χ3n) is 1.83. The van der Waals surface area contributed by atoms with E-state index in [-0.39, 0.29) is 5.41 Å². The highest BCUT2D eigenvalue weighted by Gasteiger charge is 2.18. The lowest BCUT2D eigenvalue weighted by Gasteiger charge is -2.22. The van der Waals surface area contributed by atoms with Gasteiger partial charge in [-0.1, -0.05) is 13.8 Å². The summed E-state index contributed by atoms with van der Waals surface area (Å²) in [7, 11) is 3.75. The fraction of sp³-hybridized carbons (Fsp3) is 0.778. The lowest BCUT2D eigenvalue weighted by molar-refractivity contribution is 0.167. The van der Waals surface area contributed by atoms with Gasteiger partial charge in [-0.15, -0.1) is 5.10 Å². The zero-order valence-corrected chi connectivity index (χ0v) is 9.24. The van der Waals surface area contributed by atoms with Crippen LogP contribution in [-0.4, -0.2) is 35.0 Å². The van der Waals surface area contributed by atoms with Crippen molar-refractivity contribution in [3.05, 3.63) is 6.33 Å². The molecular weight excluding hydrogens is 180 g/mol. The molecule has 0 aliphatic carbocycles. The Morgan fingerprint density at radius 2 is 2.29 bits per heavy atom. The third-order valence-corrected chi connectivity index (χ3v) is 1.83. The first kappa shape index (κ1) is 11.0. The molecule has 0 spiro atoms. The van der Waals surface area contributed by atoms with Crippen LogP contribution in [-0.2, 0) is 7.05 Å². The Hall–Kier alpha value is -1.10. The summed E-state index contributed by atoms with van der Waals surface area (Å²) in [4.78, 5) is 3.99. The van der Waals surface area contributed by atoms with Crippen molar-refractivity contribution >= 4 is 0 Å². The van der Waals surface area contributed by atoms with E-state index in [9.17, 15) is 0 Å². The van der Waals surface area contributed by atoms with Crippen molar-refractivity contribution in [1.29, 1.82) is 0 Å². The number of aryl methyl sites for hydroxylation is 1. The van der Waals surface area contributed by atoms with Crippen LogP contribution in [0.4, 0.5) is 0 Å². The van der Waals surface area contributed by atoms with Crippen molar-refractivity contribution < 1.29 is 4.74 Å². The van der Waals surface area contributed by atoms with Crippen LogP contribution < -0.4 is 10.1 Å². The molecule has 0 aliphatic rings. The largest absolute Gasteiger partial charge is 0.462 e. The summed E-state index contributed by atoms with van der Waals surface area (Å²) < 4.78 is 7.09. The van der Waals surface area contributed by atoms with Crippen molar-refractivity contribution in [2.24, 2.45) is 12.5 Å². The smallest absolute Gasteiger partial charge is 0.335 e. The maximum absolute atomic E-state index is 5.46. The molecule has 0 atom stereocenters. The Morgan fingerprint density at radius 3 is 2.79 bits per heavy atom. The zero-order chi connectivity index (χ0) is 10.6. The van der Waals surface area contributed by atoms with Gasteiger partial charge in [0.2, 0.25) is 0 Å². The first-order valence-electron chi connectivity index (χ1n) is 4.66. The van der Waals surface area contributed by atoms with Gasteiger partial charge in [0.25, 0.3) is 0 Å². The third kappa shape index (κ3) is 3.33. The van der Waals surface area contributed by atoms with Gasteiger partial charge in [-0.05, 0) is 7.05 Å². The molecule has 0 amide bonds. The number of hydrogen-bond acceptors (Lipinski definition) is 4. The van der Waals surface area contributed by atoms with Gasteiger partial charge in [0, 0.05) is 19.0 Å². The molecule has 0 aromatic carbocycles. The van der Waals surface area contributed by atoms with Crippen LogP contribution in [0.25, 0.3) is 0 Å². The molecule has 0 saturated heterocycles. The van der Waals surface area contributed by atoms with Crippen LogP contribution in [0.3, 0.4) is 0 Å². The molecule has 0 unspecified atom stereocenters. The Kier molecular flexibility index (Phi) is 3.46. The summed E-state index contributed by atoms with van der Waals surface area (Å²) in [6, 6.07) is 0.441. The highest BCUT2D eigenvalue weighted by molar-refractivity contribution is 4.88. The summed E-state index contributed by atoms with van der Waals surface area (Å²) in [5, 5.41) is 7.16.